The van der Waals surface area contributed by atoms with Gasteiger partial charge in [-0.15, -0.1) is 0 Å². The molecular formula is C18H9Co2O10+2. The third-order valence-corrected chi connectivity index (χ3v) is 1.64. The normalized spacial score (nSPS) is 5.20. The van der Waals surface area contributed by atoms with Gasteiger partial charge < -0.3 is 21.8 Å². The van der Waals surface area contributed by atoms with Crippen LogP contribution in [-0.4, -0.2) is 18.5 Å². The minimum atomic E-state index is -0.656. The summed E-state index contributed by atoms with van der Waals surface area (Å²) in [7, 11) is 0. The van der Waals surface area contributed by atoms with E-state index < -0.39 is 11.9 Å². The summed E-state index contributed by atoms with van der Waals surface area (Å²) in [6.45, 7) is 28.0. The molecule has 0 saturated carbocycles. The molecular weight excluding hydrogens is 494 g/mol. The monoisotopic (exact) mass is 503 g/mol. The van der Waals surface area contributed by atoms with E-state index in [1.54, 1.807) is 12.1 Å². The molecule has 1 rings (SSSR count). The zero-order chi connectivity index (χ0) is 24.0. The van der Waals surface area contributed by atoms with Crippen LogP contribution in [0.2, 0.25) is 0 Å². The van der Waals surface area contributed by atoms with Crippen molar-refractivity contribution in [3.05, 3.63) is 76.2 Å². The van der Waals surface area contributed by atoms with E-state index in [-0.39, 0.29) is 51.5 Å². The van der Waals surface area contributed by atoms with Crippen LogP contribution < -0.4 is 4.74 Å². The van der Waals surface area contributed by atoms with Crippen LogP contribution in [-0.2, 0) is 71.0 Å². The van der Waals surface area contributed by atoms with Crippen LogP contribution in [0.25, 0.3) is 0 Å². The Morgan fingerprint density at radius 3 is 1.57 bits per heavy atom. The number of rotatable bonds is 3. The summed E-state index contributed by atoms with van der Waals surface area (Å²) in [5.41, 5.74) is 0.146. The van der Waals surface area contributed by atoms with Gasteiger partial charge >= 0.3 is 96.5 Å². The molecule has 0 heterocycles. The molecule has 0 aliphatic carbocycles. The average Bonchev–Trinajstić information content (AvgIpc) is 2.80. The summed E-state index contributed by atoms with van der Waals surface area (Å²) in [5.74, 6) is 0.900. The Labute approximate surface area is 193 Å². The number of carbonyl (C=O) groups excluding carboxylic acids is 2. The van der Waals surface area contributed by atoms with Crippen molar-refractivity contribution < 1.29 is 80.5 Å². The van der Waals surface area contributed by atoms with Gasteiger partial charge in [-0.25, -0.2) is 4.79 Å². The Morgan fingerprint density at radius 2 is 1.23 bits per heavy atom. The number of carbonyl (C=O) groups is 2. The maximum absolute atomic E-state index is 11.5. The first-order valence-corrected chi connectivity index (χ1v) is 5.71. The minimum Gasteiger partial charge on any atom is 0 e. The molecule has 12 heteroatoms. The molecule has 0 atom stereocenters. The van der Waals surface area contributed by atoms with E-state index in [1.165, 1.54) is 19.1 Å². The van der Waals surface area contributed by atoms with Gasteiger partial charge in [-0.1, -0.05) is 12.1 Å². The SMILES string of the molecule is [C-]#CCOC(=O)c1ccccc1OC(C)=O.[C-]#[O+].[C-]#[O+].[C-]#[O+].[C-]#[O+].[C-]#[O+].[C-]#[O+].[Co+3].[Co]. The van der Waals surface area contributed by atoms with Crippen LogP contribution in [0, 0.1) is 52.2 Å². The van der Waals surface area contributed by atoms with Crippen molar-refractivity contribution in [3.8, 4) is 11.7 Å². The second-order valence-electron chi connectivity index (χ2n) is 2.84. The Balaban J connectivity index is -0.0000000498. The number of hydrogen-bond acceptors (Lipinski definition) is 4. The molecule has 1 radical (unpaired) electrons. The maximum atomic E-state index is 11.5. The molecule has 0 amide bonds. The van der Waals surface area contributed by atoms with Crippen molar-refractivity contribution >= 4 is 11.9 Å². The molecule has 1 aromatic carbocycles. The van der Waals surface area contributed by atoms with Crippen LogP contribution >= 0.6 is 0 Å². The summed E-state index contributed by atoms with van der Waals surface area (Å²) in [6.07, 6.45) is 6.61. The van der Waals surface area contributed by atoms with Crippen molar-refractivity contribution in [2.24, 2.45) is 0 Å². The fourth-order valence-corrected chi connectivity index (χ4v) is 1.06. The third kappa shape index (κ3) is 36.1. The zero-order valence-electron chi connectivity index (χ0n) is 14.8. The van der Waals surface area contributed by atoms with E-state index in [2.05, 4.69) is 44.6 Å². The summed E-state index contributed by atoms with van der Waals surface area (Å²) >= 11 is 0. The van der Waals surface area contributed by atoms with E-state index >= 15 is 0 Å². The second-order valence-corrected chi connectivity index (χ2v) is 2.84. The molecule has 0 saturated heterocycles. The molecule has 0 bridgehead atoms. The molecule has 0 aliphatic heterocycles. The third-order valence-electron chi connectivity index (χ3n) is 1.64. The first-order chi connectivity index (χ1) is 13.6. The van der Waals surface area contributed by atoms with Gasteiger partial charge in [0.15, 0.2) is 0 Å². The summed E-state index contributed by atoms with van der Waals surface area (Å²) in [6, 6.07) is 6.23. The van der Waals surface area contributed by atoms with Crippen LogP contribution in [0.5, 0.6) is 5.75 Å². The molecule has 0 unspecified atom stereocenters. The van der Waals surface area contributed by atoms with Gasteiger partial charge in [-0.2, -0.15) is 0 Å². The molecule has 0 fully saturated rings. The van der Waals surface area contributed by atoms with Crippen molar-refractivity contribution in [1.29, 1.82) is 0 Å². The van der Waals surface area contributed by atoms with Crippen molar-refractivity contribution in [1.82, 2.24) is 0 Å². The van der Waals surface area contributed by atoms with E-state index in [4.69, 9.17) is 39.1 Å². The first kappa shape index (κ1) is 50.6. The second kappa shape index (κ2) is 56.2. The summed E-state index contributed by atoms with van der Waals surface area (Å²) in [4.78, 5) is 22.3. The smallest absolute Gasteiger partial charge is 0 e. The molecule has 0 spiro atoms. The van der Waals surface area contributed by atoms with Gasteiger partial charge in [0.2, 0.25) is 0 Å². The Morgan fingerprint density at radius 1 is 0.867 bits per heavy atom. The molecule has 157 valence electrons. The fraction of sp³-hybridized carbons (Fsp3) is 0.111. The van der Waals surface area contributed by atoms with Crippen LogP contribution in [0.1, 0.15) is 17.3 Å². The Bertz CT molecular complexity index is 648. The van der Waals surface area contributed by atoms with E-state index in [0.717, 1.165) is 0 Å². The summed E-state index contributed by atoms with van der Waals surface area (Å²) < 4.78 is 54.5. The van der Waals surface area contributed by atoms with Crippen molar-refractivity contribution in [3.63, 3.8) is 0 Å². The van der Waals surface area contributed by atoms with Gasteiger partial charge in [-0.05, 0) is 12.1 Å². The quantitative estimate of drug-likeness (QED) is 0.198. The molecule has 30 heavy (non-hydrogen) atoms. The number of para-hydroxylation sites is 1. The largest absolute Gasteiger partial charge is 3.00 e. The molecule has 1 aromatic rings. The predicted octanol–water partition coefficient (Wildman–Crippen LogP) is 1.13. The topological polar surface area (TPSA) is 172 Å². The zero-order valence-corrected chi connectivity index (χ0v) is 16.8. The van der Waals surface area contributed by atoms with Crippen LogP contribution in [0.4, 0.5) is 0 Å². The Kier molecular flexibility index (Phi) is 94.9. The van der Waals surface area contributed by atoms with Crippen LogP contribution in [0.15, 0.2) is 24.3 Å². The molecule has 10 nitrogen and oxygen atoms in total. The minimum absolute atomic E-state index is 0. The van der Waals surface area contributed by atoms with Crippen molar-refractivity contribution in [2.75, 3.05) is 6.61 Å². The van der Waals surface area contributed by atoms with Crippen LogP contribution in [0.3, 0.4) is 0 Å². The molecule has 0 aromatic heterocycles. The van der Waals surface area contributed by atoms with E-state index in [1.807, 2.05) is 5.92 Å². The van der Waals surface area contributed by atoms with Gasteiger partial charge in [0.1, 0.15) is 17.9 Å². The average molecular weight is 503 g/mol. The number of ether oxygens (including phenoxy) is 2. The van der Waals surface area contributed by atoms with E-state index in [9.17, 15) is 9.59 Å². The van der Waals surface area contributed by atoms with Gasteiger partial charge in [-0.3, -0.25) is 4.79 Å². The number of esters is 2. The van der Waals surface area contributed by atoms with Crippen molar-refractivity contribution in [2.45, 2.75) is 6.92 Å². The maximum Gasteiger partial charge on any atom is 3.00 e. The predicted molar refractivity (Wildman–Crippen MR) is 78.7 cm³/mol. The Hall–Kier alpha value is -2.83. The first-order valence-electron chi connectivity index (χ1n) is 5.71. The fourth-order valence-electron chi connectivity index (χ4n) is 1.06. The molecule has 0 aliphatic rings. The van der Waals surface area contributed by atoms with Gasteiger partial charge in [0.25, 0.3) is 0 Å². The van der Waals surface area contributed by atoms with Gasteiger partial charge in [0.05, 0.1) is 0 Å². The number of hydrogen-bond donors (Lipinski definition) is 0. The standard InChI is InChI=1S/C12H9O4.6CO.2Co/c1-3-8-15-12(14)10-6-4-5-7-11(10)16-9(2)13;6*1-2;;/h4-7H,8H2,2H3;;;;;;;;/q-1;;;;;;;;+3. The molecule has 0 N–H and O–H groups in total. The van der Waals surface area contributed by atoms with Gasteiger partial charge in [0, 0.05) is 23.7 Å². The van der Waals surface area contributed by atoms with E-state index in [0.29, 0.717) is 0 Å². The number of benzene rings is 1. The summed E-state index contributed by atoms with van der Waals surface area (Å²) in [5, 5.41) is 0.